The molecule has 1 aromatic carbocycles. The molecule has 0 radical (unpaired) electrons. The van der Waals surface area contributed by atoms with E-state index in [1.165, 1.54) is 14.2 Å². The molecular formula is C14H21ClN2O3. The van der Waals surface area contributed by atoms with Gasteiger partial charge in [-0.15, -0.1) is 0 Å². The van der Waals surface area contributed by atoms with Crippen LogP contribution in [0.2, 0.25) is 5.02 Å². The Hall–Kier alpha value is -1.46. The van der Waals surface area contributed by atoms with Gasteiger partial charge >= 0.3 is 0 Å². The van der Waals surface area contributed by atoms with Crippen molar-refractivity contribution in [2.45, 2.75) is 26.3 Å². The number of halogens is 1. The number of rotatable bonds is 5. The van der Waals surface area contributed by atoms with E-state index in [1.54, 1.807) is 12.1 Å². The van der Waals surface area contributed by atoms with Crippen LogP contribution >= 0.6 is 11.6 Å². The minimum absolute atomic E-state index is 0.126. The zero-order chi connectivity index (χ0) is 15.3. The van der Waals surface area contributed by atoms with Crippen molar-refractivity contribution in [2.75, 3.05) is 26.1 Å². The summed E-state index contributed by atoms with van der Waals surface area (Å²) in [6.45, 7) is 6.18. The summed E-state index contributed by atoms with van der Waals surface area (Å²) < 4.78 is 10.3. The van der Waals surface area contributed by atoms with Gasteiger partial charge in [-0.3, -0.25) is 4.79 Å². The Kier molecular flexibility index (Phi) is 5.65. The SMILES string of the molecule is COc1cc(OC)c(NC(=O)CNC(C)(C)C)cc1Cl. The lowest BCUT2D eigenvalue weighted by atomic mass is 10.1. The van der Waals surface area contributed by atoms with Gasteiger partial charge in [0.05, 0.1) is 31.5 Å². The lowest BCUT2D eigenvalue weighted by Gasteiger charge is -2.20. The molecule has 1 amide bonds. The summed E-state index contributed by atoms with van der Waals surface area (Å²) >= 11 is 6.04. The van der Waals surface area contributed by atoms with Crippen molar-refractivity contribution in [1.82, 2.24) is 5.32 Å². The highest BCUT2D eigenvalue weighted by Crippen LogP contribution is 2.35. The fourth-order valence-electron chi connectivity index (χ4n) is 1.50. The number of hydrogen-bond donors (Lipinski definition) is 2. The number of carbonyl (C=O) groups is 1. The average Bonchev–Trinajstić information content (AvgIpc) is 2.36. The molecule has 0 aliphatic carbocycles. The second kappa shape index (κ2) is 6.81. The van der Waals surface area contributed by atoms with Gasteiger partial charge in [0.2, 0.25) is 5.91 Å². The highest BCUT2D eigenvalue weighted by molar-refractivity contribution is 6.32. The smallest absolute Gasteiger partial charge is 0.238 e. The lowest BCUT2D eigenvalue weighted by Crippen LogP contribution is -2.41. The van der Waals surface area contributed by atoms with E-state index < -0.39 is 0 Å². The van der Waals surface area contributed by atoms with Crippen LogP contribution in [0, 0.1) is 0 Å². The molecule has 0 heterocycles. The van der Waals surface area contributed by atoms with Crippen LogP contribution in [0.5, 0.6) is 11.5 Å². The maximum atomic E-state index is 11.9. The van der Waals surface area contributed by atoms with Gasteiger partial charge in [-0.2, -0.15) is 0 Å². The normalized spacial score (nSPS) is 11.1. The third kappa shape index (κ3) is 4.90. The van der Waals surface area contributed by atoms with E-state index in [0.717, 1.165) is 0 Å². The number of amides is 1. The van der Waals surface area contributed by atoms with Gasteiger partial charge in [-0.25, -0.2) is 0 Å². The van der Waals surface area contributed by atoms with Gasteiger partial charge in [0.25, 0.3) is 0 Å². The molecule has 0 aromatic heterocycles. The number of carbonyl (C=O) groups excluding carboxylic acids is 1. The Morgan fingerprint density at radius 1 is 1.20 bits per heavy atom. The van der Waals surface area contributed by atoms with Crippen LogP contribution in [0.3, 0.4) is 0 Å². The second-order valence-electron chi connectivity index (χ2n) is 5.34. The minimum atomic E-state index is -0.167. The first kappa shape index (κ1) is 16.6. The first-order valence-electron chi connectivity index (χ1n) is 6.23. The first-order valence-corrected chi connectivity index (χ1v) is 6.61. The molecule has 0 aliphatic rings. The second-order valence-corrected chi connectivity index (χ2v) is 5.75. The largest absolute Gasteiger partial charge is 0.495 e. The Balaban J connectivity index is 2.81. The van der Waals surface area contributed by atoms with E-state index in [2.05, 4.69) is 10.6 Å². The van der Waals surface area contributed by atoms with Crippen LogP contribution in [0.25, 0.3) is 0 Å². The van der Waals surface area contributed by atoms with Crippen LogP contribution in [-0.2, 0) is 4.79 Å². The van der Waals surface area contributed by atoms with Gasteiger partial charge in [0.1, 0.15) is 11.5 Å². The van der Waals surface area contributed by atoms with E-state index in [0.29, 0.717) is 22.2 Å². The fourth-order valence-corrected chi connectivity index (χ4v) is 1.74. The van der Waals surface area contributed by atoms with Gasteiger partial charge in [0, 0.05) is 11.6 Å². The number of anilines is 1. The topological polar surface area (TPSA) is 59.6 Å². The van der Waals surface area contributed by atoms with Crippen molar-refractivity contribution in [2.24, 2.45) is 0 Å². The summed E-state index contributed by atoms with van der Waals surface area (Å²) in [7, 11) is 3.04. The van der Waals surface area contributed by atoms with Crippen molar-refractivity contribution < 1.29 is 14.3 Å². The number of hydrogen-bond acceptors (Lipinski definition) is 4. The molecule has 0 atom stereocenters. The predicted octanol–water partition coefficient (Wildman–Crippen LogP) is 2.68. The highest BCUT2D eigenvalue weighted by atomic mass is 35.5. The van der Waals surface area contributed by atoms with E-state index in [-0.39, 0.29) is 18.0 Å². The Labute approximate surface area is 124 Å². The molecule has 0 saturated heterocycles. The third-order valence-electron chi connectivity index (χ3n) is 2.53. The van der Waals surface area contributed by atoms with Gasteiger partial charge < -0.3 is 20.1 Å². The van der Waals surface area contributed by atoms with Gasteiger partial charge in [-0.05, 0) is 26.8 Å². The van der Waals surface area contributed by atoms with Crippen molar-refractivity contribution in [3.05, 3.63) is 17.2 Å². The van der Waals surface area contributed by atoms with Crippen molar-refractivity contribution in [1.29, 1.82) is 0 Å². The summed E-state index contributed by atoms with van der Waals surface area (Å²) in [4.78, 5) is 11.9. The molecule has 0 saturated carbocycles. The monoisotopic (exact) mass is 300 g/mol. The number of benzene rings is 1. The predicted molar refractivity (Wildman–Crippen MR) is 80.9 cm³/mol. The van der Waals surface area contributed by atoms with Crippen LogP contribution in [0.4, 0.5) is 5.69 Å². The van der Waals surface area contributed by atoms with Crippen molar-refractivity contribution in [3.8, 4) is 11.5 Å². The van der Waals surface area contributed by atoms with Crippen LogP contribution < -0.4 is 20.1 Å². The number of nitrogens with one attached hydrogen (secondary N) is 2. The molecule has 6 heteroatoms. The summed E-state index contributed by atoms with van der Waals surface area (Å²) in [6, 6.07) is 3.24. The summed E-state index contributed by atoms with van der Waals surface area (Å²) in [5.41, 5.74) is 0.387. The minimum Gasteiger partial charge on any atom is -0.495 e. The molecule has 0 aliphatic heterocycles. The van der Waals surface area contributed by atoms with E-state index in [9.17, 15) is 4.79 Å². The zero-order valence-corrected chi connectivity index (χ0v) is 13.2. The highest BCUT2D eigenvalue weighted by Gasteiger charge is 2.14. The maximum Gasteiger partial charge on any atom is 0.238 e. The molecule has 1 rings (SSSR count). The zero-order valence-electron chi connectivity index (χ0n) is 12.5. The average molecular weight is 301 g/mol. The number of methoxy groups -OCH3 is 2. The summed E-state index contributed by atoms with van der Waals surface area (Å²) in [5.74, 6) is 0.823. The first-order chi connectivity index (χ1) is 9.26. The molecule has 0 spiro atoms. The van der Waals surface area contributed by atoms with E-state index >= 15 is 0 Å². The molecule has 0 fully saturated rings. The Morgan fingerprint density at radius 2 is 1.80 bits per heavy atom. The lowest BCUT2D eigenvalue weighted by molar-refractivity contribution is -0.115. The van der Waals surface area contributed by atoms with E-state index in [4.69, 9.17) is 21.1 Å². The molecule has 112 valence electrons. The molecule has 0 unspecified atom stereocenters. The Bertz CT molecular complexity index is 484. The molecule has 2 N–H and O–H groups in total. The van der Waals surface area contributed by atoms with Crippen molar-refractivity contribution >= 4 is 23.2 Å². The molecular weight excluding hydrogens is 280 g/mol. The molecule has 0 bridgehead atoms. The van der Waals surface area contributed by atoms with Crippen molar-refractivity contribution in [3.63, 3.8) is 0 Å². The van der Waals surface area contributed by atoms with Crippen LogP contribution in [-0.4, -0.2) is 32.2 Å². The van der Waals surface area contributed by atoms with Crippen LogP contribution in [0.1, 0.15) is 20.8 Å². The standard InChI is InChI=1S/C14H21ClN2O3/c1-14(2,3)16-8-13(18)17-10-6-9(15)11(19-4)7-12(10)20-5/h6-7,16H,8H2,1-5H3,(H,17,18). The molecule has 1 aromatic rings. The summed E-state index contributed by atoms with van der Waals surface area (Å²) in [5, 5.41) is 6.28. The molecule has 5 nitrogen and oxygen atoms in total. The summed E-state index contributed by atoms with van der Waals surface area (Å²) in [6.07, 6.45) is 0. The van der Waals surface area contributed by atoms with E-state index in [1.807, 2.05) is 20.8 Å². The van der Waals surface area contributed by atoms with Gasteiger partial charge in [0.15, 0.2) is 0 Å². The van der Waals surface area contributed by atoms with Crippen LogP contribution in [0.15, 0.2) is 12.1 Å². The quantitative estimate of drug-likeness (QED) is 0.878. The fraction of sp³-hybridized carbons (Fsp3) is 0.500. The van der Waals surface area contributed by atoms with Gasteiger partial charge in [-0.1, -0.05) is 11.6 Å². The number of ether oxygens (including phenoxy) is 2. The Morgan fingerprint density at radius 3 is 2.30 bits per heavy atom. The third-order valence-corrected chi connectivity index (χ3v) is 2.82. The molecule has 20 heavy (non-hydrogen) atoms. The maximum absolute atomic E-state index is 11.9.